The summed E-state index contributed by atoms with van der Waals surface area (Å²) in [5, 5.41) is 0. The van der Waals surface area contributed by atoms with Crippen molar-refractivity contribution in [3.8, 4) is 11.6 Å². The van der Waals surface area contributed by atoms with E-state index in [4.69, 9.17) is 4.74 Å². The Morgan fingerprint density at radius 3 is 2.38 bits per heavy atom. The van der Waals surface area contributed by atoms with Crippen LogP contribution in [0.2, 0.25) is 0 Å². The predicted octanol–water partition coefficient (Wildman–Crippen LogP) is 4.23. The Hall–Kier alpha value is -2.44. The van der Waals surface area contributed by atoms with E-state index in [1.54, 1.807) is 0 Å². The van der Waals surface area contributed by atoms with Gasteiger partial charge in [-0.2, -0.15) is 13.2 Å². The third-order valence-electron chi connectivity index (χ3n) is 2.57. The third kappa shape index (κ3) is 3.36. The molecular weight excluding hydrogens is 290 g/mol. The Balaban J connectivity index is 2.43. The summed E-state index contributed by atoms with van der Waals surface area (Å²) in [5.74, 6) is -2.21. The number of hydrogen-bond donors (Lipinski definition) is 0. The fraction of sp³-hybridized carbons (Fsp3) is 0.143. The van der Waals surface area contributed by atoms with Crippen LogP contribution in [0, 0.1) is 5.82 Å². The number of hydrogen-bond acceptors (Lipinski definition) is 3. The van der Waals surface area contributed by atoms with Gasteiger partial charge in [-0.25, -0.2) is 9.37 Å². The highest BCUT2D eigenvalue weighted by molar-refractivity contribution is 5.95. The molecular formula is C14H9F4NO2. The molecule has 0 saturated carbocycles. The standard InChI is InChI=1S/C14H9F4NO2/c1-8(20)9-6-7-12(19-13(9)14(16,17)18)21-11-5-3-2-4-10(11)15/h2-7H,1H3. The van der Waals surface area contributed by atoms with Crippen molar-refractivity contribution in [2.45, 2.75) is 13.1 Å². The van der Waals surface area contributed by atoms with Gasteiger partial charge in [0.15, 0.2) is 23.0 Å². The molecule has 0 aliphatic rings. The lowest BCUT2D eigenvalue weighted by atomic mass is 10.1. The van der Waals surface area contributed by atoms with Gasteiger partial charge in [0.05, 0.1) is 0 Å². The second-order valence-corrected chi connectivity index (χ2v) is 4.13. The molecule has 0 amide bonds. The van der Waals surface area contributed by atoms with Gasteiger partial charge in [0.2, 0.25) is 5.88 Å². The van der Waals surface area contributed by atoms with Crippen molar-refractivity contribution in [1.82, 2.24) is 4.98 Å². The molecule has 0 atom stereocenters. The number of alkyl halides is 3. The van der Waals surface area contributed by atoms with Crippen LogP contribution in [0.3, 0.4) is 0 Å². The third-order valence-corrected chi connectivity index (χ3v) is 2.57. The van der Waals surface area contributed by atoms with E-state index in [2.05, 4.69) is 4.98 Å². The minimum absolute atomic E-state index is 0.256. The molecule has 7 heteroatoms. The lowest BCUT2D eigenvalue weighted by molar-refractivity contribution is -0.141. The van der Waals surface area contributed by atoms with Crippen molar-refractivity contribution in [3.05, 3.63) is 53.5 Å². The van der Waals surface area contributed by atoms with Crippen LogP contribution >= 0.6 is 0 Å². The van der Waals surface area contributed by atoms with Crippen molar-refractivity contribution in [2.75, 3.05) is 0 Å². The molecule has 0 N–H and O–H groups in total. The zero-order valence-electron chi connectivity index (χ0n) is 10.7. The van der Waals surface area contributed by atoms with Gasteiger partial charge in [-0.05, 0) is 25.1 Å². The molecule has 0 unspecified atom stereocenters. The molecule has 110 valence electrons. The average Bonchev–Trinajstić information content (AvgIpc) is 2.40. The first-order valence-electron chi connectivity index (χ1n) is 5.80. The quantitative estimate of drug-likeness (QED) is 0.628. The van der Waals surface area contributed by atoms with E-state index in [9.17, 15) is 22.4 Å². The van der Waals surface area contributed by atoms with Crippen LogP contribution in [-0.2, 0) is 6.18 Å². The first-order chi connectivity index (χ1) is 9.79. The smallest absolute Gasteiger partial charge is 0.434 e. The van der Waals surface area contributed by atoms with Crippen LogP contribution in [0.15, 0.2) is 36.4 Å². The summed E-state index contributed by atoms with van der Waals surface area (Å²) in [7, 11) is 0. The second-order valence-electron chi connectivity index (χ2n) is 4.13. The van der Waals surface area contributed by atoms with Crippen molar-refractivity contribution >= 4 is 5.78 Å². The zero-order chi connectivity index (χ0) is 15.6. The van der Waals surface area contributed by atoms with Gasteiger partial charge in [0, 0.05) is 11.6 Å². The highest BCUT2D eigenvalue weighted by Gasteiger charge is 2.37. The van der Waals surface area contributed by atoms with E-state index in [0.717, 1.165) is 25.1 Å². The van der Waals surface area contributed by atoms with Gasteiger partial charge < -0.3 is 4.74 Å². The maximum atomic E-state index is 13.4. The van der Waals surface area contributed by atoms with Gasteiger partial charge >= 0.3 is 6.18 Å². The Morgan fingerprint density at radius 2 is 1.81 bits per heavy atom. The molecule has 1 aromatic carbocycles. The van der Waals surface area contributed by atoms with E-state index in [0.29, 0.717) is 0 Å². The minimum Gasteiger partial charge on any atom is -0.436 e. The van der Waals surface area contributed by atoms with Crippen LogP contribution in [-0.4, -0.2) is 10.8 Å². The molecule has 1 aromatic heterocycles. The molecule has 2 aromatic rings. The predicted molar refractivity (Wildman–Crippen MR) is 65.7 cm³/mol. The summed E-state index contributed by atoms with van der Waals surface area (Å²) in [6.07, 6.45) is -4.81. The molecule has 3 nitrogen and oxygen atoms in total. The summed E-state index contributed by atoms with van der Waals surface area (Å²) in [4.78, 5) is 14.5. The van der Waals surface area contributed by atoms with Crippen molar-refractivity contribution < 1.29 is 27.1 Å². The zero-order valence-corrected chi connectivity index (χ0v) is 10.7. The SMILES string of the molecule is CC(=O)c1ccc(Oc2ccccc2F)nc1C(F)(F)F. The van der Waals surface area contributed by atoms with Gasteiger partial charge in [0.1, 0.15) is 0 Å². The Morgan fingerprint density at radius 1 is 1.14 bits per heavy atom. The number of benzene rings is 1. The number of nitrogens with zero attached hydrogens (tertiary/aromatic N) is 1. The minimum atomic E-state index is -4.81. The van der Waals surface area contributed by atoms with Gasteiger partial charge in [-0.3, -0.25) is 4.79 Å². The monoisotopic (exact) mass is 299 g/mol. The van der Waals surface area contributed by atoms with Crippen LogP contribution in [0.5, 0.6) is 11.6 Å². The number of ether oxygens (including phenoxy) is 1. The Labute approximate surface area is 117 Å². The number of Topliss-reactive ketones (excluding diaryl/α,β-unsaturated/α-hetero) is 1. The van der Waals surface area contributed by atoms with Crippen LogP contribution in [0.1, 0.15) is 23.0 Å². The number of pyridine rings is 1. The molecule has 1 heterocycles. The van der Waals surface area contributed by atoms with E-state index in [1.165, 1.54) is 18.2 Å². The lowest BCUT2D eigenvalue weighted by Gasteiger charge is -2.12. The molecule has 0 spiro atoms. The molecule has 21 heavy (non-hydrogen) atoms. The van der Waals surface area contributed by atoms with Crippen molar-refractivity contribution in [1.29, 1.82) is 0 Å². The largest absolute Gasteiger partial charge is 0.436 e. The van der Waals surface area contributed by atoms with Gasteiger partial charge in [-0.15, -0.1) is 0 Å². The summed E-state index contributed by atoms with van der Waals surface area (Å²) < 4.78 is 57.0. The first-order valence-corrected chi connectivity index (χ1v) is 5.80. The molecule has 2 rings (SSSR count). The fourth-order valence-corrected chi connectivity index (χ4v) is 1.64. The first kappa shape index (κ1) is 15.0. The molecule has 0 bridgehead atoms. The molecule has 0 aliphatic heterocycles. The number of carbonyl (C=O) groups excluding carboxylic acids is 1. The van der Waals surface area contributed by atoms with E-state index < -0.39 is 34.9 Å². The van der Waals surface area contributed by atoms with E-state index >= 15 is 0 Å². The van der Waals surface area contributed by atoms with Gasteiger partial charge in [-0.1, -0.05) is 12.1 Å². The summed E-state index contributed by atoms with van der Waals surface area (Å²) in [6.45, 7) is 1.00. The topological polar surface area (TPSA) is 39.2 Å². The highest BCUT2D eigenvalue weighted by Crippen LogP contribution is 2.33. The van der Waals surface area contributed by atoms with Crippen molar-refractivity contribution in [2.24, 2.45) is 0 Å². The summed E-state index contributed by atoms with van der Waals surface area (Å²) in [6, 6.07) is 7.27. The molecule has 0 radical (unpaired) electrons. The van der Waals surface area contributed by atoms with Crippen LogP contribution in [0.25, 0.3) is 0 Å². The Bertz CT molecular complexity index is 683. The van der Waals surface area contributed by atoms with E-state index in [1.807, 2.05) is 0 Å². The fourth-order valence-electron chi connectivity index (χ4n) is 1.64. The van der Waals surface area contributed by atoms with E-state index in [-0.39, 0.29) is 5.75 Å². The number of carbonyl (C=O) groups is 1. The number of ketones is 1. The molecule has 0 aliphatic carbocycles. The van der Waals surface area contributed by atoms with Gasteiger partial charge in [0.25, 0.3) is 0 Å². The average molecular weight is 299 g/mol. The van der Waals surface area contributed by atoms with Crippen LogP contribution in [0.4, 0.5) is 17.6 Å². The number of halogens is 4. The Kier molecular flexibility index (Phi) is 3.93. The van der Waals surface area contributed by atoms with Crippen molar-refractivity contribution in [3.63, 3.8) is 0 Å². The highest BCUT2D eigenvalue weighted by atomic mass is 19.4. The molecule has 0 saturated heterocycles. The van der Waals surface area contributed by atoms with Crippen LogP contribution < -0.4 is 4.74 Å². The maximum Gasteiger partial charge on any atom is 0.434 e. The lowest BCUT2D eigenvalue weighted by Crippen LogP contribution is -2.14. The number of para-hydroxylation sites is 1. The normalized spacial score (nSPS) is 11.3. The maximum absolute atomic E-state index is 13.4. The summed E-state index contributed by atoms with van der Waals surface area (Å²) in [5.41, 5.74) is -1.92. The number of rotatable bonds is 3. The molecule has 0 fully saturated rings. The second kappa shape index (κ2) is 5.51. The number of aromatic nitrogens is 1. The summed E-state index contributed by atoms with van der Waals surface area (Å²) >= 11 is 0.